The van der Waals surface area contributed by atoms with E-state index in [0.717, 1.165) is 154 Å². The van der Waals surface area contributed by atoms with Gasteiger partial charge in [0.2, 0.25) is 0 Å². The van der Waals surface area contributed by atoms with Gasteiger partial charge in [-0.15, -0.1) is 0 Å². The summed E-state index contributed by atoms with van der Waals surface area (Å²) in [6.07, 6.45) is 100. The third-order valence-corrected chi connectivity index (χ3v) is 13.8. The highest BCUT2D eigenvalue weighted by Gasteiger charge is 2.19. The fourth-order valence-corrected chi connectivity index (χ4v) is 8.84. The summed E-state index contributed by atoms with van der Waals surface area (Å²) in [5.41, 5.74) is 0. The molecule has 1 atom stereocenters. The fraction of sp³-hybridized carbons (Fsp3) is 0.618. The van der Waals surface area contributed by atoms with Crippen molar-refractivity contribution in [2.45, 2.75) is 290 Å². The van der Waals surface area contributed by atoms with Crippen molar-refractivity contribution in [1.29, 1.82) is 0 Å². The molecule has 0 aromatic heterocycles. The molecule has 6 heteroatoms. The van der Waals surface area contributed by atoms with Gasteiger partial charge in [-0.05, 0) is 128 Å². The van der Waals surface area contributed by atoms with Gasteiger partial charge in [-0.1, -0.05) is 294 Å². The van der Waals surface area contributed by atoms with Gasteiger partial charge < -0.3 is 14.2 Å². The van der Waals surface area contributed by atoms with E-state index in [1.807, 2.05) is 0 Å². The molecule has 0 aliphatic heterocycles. The largest absolute Gasteiger partial charge is 0.462 e. The van der Waals surface area contributed by atoms with Gasteiger partial charge in [0.05, 0.1) is 0 Å². The number of carbonyl (C=O) groups is 3. The van der Waals surface area contributed by atoms with Gasteiger partial charge in [-0.2, -0.15) is 0 Å². The number of allylic oxidation sites excluding steroid dienone is 26. The molecule has 0 aromatic rings. The van der Waals surface area contributed by atoms with Crippen molar-refractivity contribution >= 4 is 17.9 Å². The Hall–Kier alpha value is -4.97. The highest BCUT2D eigenvalue weighted by atomic mass is 16.6. The van der Waals surface area contributed by atoms with E-state index in [9.17, 15) is 14.4 Å². The lowest BCUT2D eigenvalue weighted by Gasteiger charge is -2.18. The van der Waals surface area contributed by atoms with Crippen LogP contribution in [0.15, 0.2) is 158 Å². The maximum atomic E-state index is 12.9. The van der Waals surface area contributed by atoms with E-state index in [2.05, 4.69) is 179 Å². The highest BCUT2D eigenvalue weighted by molar-refractivity contribution is 5.71. The Morgan fingerprint density at radius 2 is 0.476 bits per heavy atom. The second-order valence-electron chi connectivity index (χ2n) is 21.6. The number of hydrogen-bond acceptors (Lipinski definition) is 6. The Balaban J connectivity index is 4.12. The molecular formula is C76H122O6. The summed E-state index contributed by atoms with van der Waals surface area (Å²) in [6.45, 7) is 6.34. The second kappa shape index (κ2) is 68.5. The molecule has 0 fully saturated rings. The Morgan fingerprint density at radius 1 is 0.256 bits per heavy atom. The van der Waals surface area contributed by atoms with E-state index in [4.69, 9.17) is 14.2 Å². The smallest absolute Gasteiger partial charge is 0.306 e. The van der Waals surface area contributed by atoms with Crippen molar-refractivity contribution in [2.24, 2.45) is 0 Å². The lowest BCUT2D eigenvalue weighted by atomic mass is 10.1. The molecule has 0 amide bonds. The second-order valence-corrected chi connectivity index (χ2v) is 21.6. The summed E-state index contributed by atoms with van der Waals surface area (Å²) in [4.78, 5) is 38.1. The Morgan fingerprint density at radius 3 is 0.744 bits per heavy atom. The predicted molar refractivity (Wildman–Crippen MR) is 357 cm³/mol. The standard InChI is InChI=1S/C76H122O6/c1-4-7-10-13-16-18-20-22-24-26-28-30-32-33-34-35-36-37-38-39-40-41-42-43-45-46-48-50-52-54-56-58-60-63-66-69-75(78)81-72-73(71-80-74(77)68-65-62-15-12-9-6-3)82-76(79)70-67-64-61-59-57-55-53-51-49-47-44-31-29-27-25-23-21-19-17-14-11-8-5-2/h7-8,10-11,16-19,22-25,28-31,33-34,36-37,39-40,42-43,47,49,73H,4-6,9,12-15,20-21,26-27,32,35,38,41,44-46,48,50-72H2,1-3H3/b10-7-,11-8-,18-16-,19-17-,24-22-,25-23-,30-28-,31-29-,34-33-,37-36-,40-39-,43-42-,49-47-. The minimum Gasteiger partial charge on any atom is -0.462 e. The van der Waals surface area contributed by atoms with Crippen molar-refractivity contribution in [2.75, 3.05) is 13.2 Å². The summed E-state index contributed by atoms with van der Waals surface area (Å²) < 4.78 is 16.8. The van der Waals surface area contributed by atoms with Crippen molar-refractivity contribution < 1.29 is 28.6 Å². The summed E-state index contributed by atoms with van der Waals surface area (Å²) >= 11 is 0. The van der Waals surface area contributed by atoms with Gasteiger partial charge in [-0.3, -0.25) is 14.4 Å². The molecule has 6 nitrogen and oxygen atoms in total. The molecule has 82 heavy (non-hydrogen) atoms. The summed E-state index contributed by atoms with van der Waals surface area (Å²) in [7, 11) is 0. The first-order chi connectivity index (χ1) is 40.5. The average Bonchev–Trinajstić information content (AvgIpc) is 3.47. The van der Waals surface area contributed by atoms with E-state index >= 15 is 0 Å². The molecule has 0 aromatic carbocycles. The van der Waals surface area contributed by atoms with Crippen LogP contribution in [-0.4, -0.2) is 37.2 Å². The van der Waals surface area contributed by atoms with Gasteiger partial charge >= 0.3 is 17.9 Å². The van der Waals surface area contributed by atoms with Crippen LogP contribution in [0.25, 0.3) is 0 Å². The van der Waals surface area contributed by atoms with Gasteiger partial charge in [0.25, 0.3) is 0 Å². The minimum absolute atomic E-state index is 0.0878. The van der Waals surface area contributed by atoms with Crippen LogP contribution >= 0.6 is 0 Å². The molecule has 0 rings (SSSR count). The number of carbonyl (C=O) groups excluding carboxylic acids is 3. The summed E-state index contributed by atoms with van der Waals surface area (Å²) in [5, 5.41) is 0. The molecule has 0 radical (unpaired) electrons. The van der Waals surface area contributed by atoms with Gasteiger partial charge in [0.15, 0.2) is 6.10 Å². The fourth-order valence-electron chi connectivity index (χ4n) is 8.84. The third-order valence-electron chi connectivity index (χ3n) is 13.8. The minimum atomic E-state index is -0.789. The van der Waals surface area contributed by atoms with E-state index < -0.39 is 6.10 Å². The van der Waals surface area contributed by atoms with Crippen molar-refractivity contribution in [3.8, 4) is 0 Å². The van der Waals surface area contributed by atoms with E-state index in [-0.39, 0.29) is 31.1 Å². The molecule has 0 spiro atoms. The number of rotatable bonds is 59. The van der Waals surface area contributed by atoms with Crippen LogP contribution in [0.4, 0.5) is 0 Å². The zero-order chi connectivity index (χ0) is 59.2. The summed E-state index contributed by atoms with van der Waals surface area (Å²) in [5.74, 6) is -0.914. The monoisotopic (exact) mass is 1130 g/mol. The zero-order valence-electron chi connectivity index (χ0n) is 52.9. The molecule has 0 heterocycles. The lowest BCUT2D eigenvalue weighted by molar-refractivity contribution is -0.167. The van der Waals surface area contributed by atoms with Crippen LogP contribution in [0.1, 0.15) is 284 Å². The first-order valence-electron chi connectivity index (χ1n) is 33.5. The number of ether oxygens (including phenoxy) is 3. The van der Waals surface area contributed by atoms with Crippen LogP contribution in [0, 0.1) is 0 Å². The van der Waals surface area contributed by atoms with Crippen molar-refractivity contribution in [1.82, 2.24) is 0 Å². The lowest BCUT2D eigenvalue weighted by Crippen LogP contribution is -2.30. The molecule has 0 bridgehead atoms. The molecular weight excluding hydrogens is 1010 g/mol. The van der Waals surface area contributed by atoms with Crippen molar-refractivity contribution in [3.63, 3.8) is 0 Å². The zero-order valence-corrected chi connectivity index (χ0v) is 52.9. The predicted octanol–water partition coefficient (Wildman–Crippen LogP) is 23.3. The molecule has 462 valence electrons. The molecule has 1 unspecified atom stereocenters. The highest BCUT2D eigenvalue weighted by Crippen LogP contribution is 2.15. The Bertz CT molecular complexity index is 1830. The molecule has 0 saturated carbocycles. The quantitative estimate of drug-likeness (QED) is 0.0261. The normalized spacial score (nSPS) is 13.2. The van der Waals surface area contributed by atoms with Crippen LogP contribution < -0.4 is 0 Å². The maximum Gasteiger partial charge on any atom is 0.306 e. The van der Waals surface area contributed by atoms with E-state index in [1.54, 1.807) is 0 Å². The Labute approximate surface area is 505 Å². The van der Waals surface area contributed by atoms with Gasteiger partial charge in [0.1, 0.15) is 13.2 Å². The average molecular weight is 1130 g/mol. The molecule has 0 aliphatic carbocycles. The van der Waals surface area contributed by atoms with Gasteiger partial charge in [-0.25, -0.2) is 0 Å². The summed E-state index contributed by atoms with van der Waals surface area (Å²) in [6, 6.07) is 0. The van der Waals surface area contributed by atoms with Crippen molar-refractivity contribution in [3.05, 3.63) is 158 Å². The van der Waals surface area contributed by atoms with E-state index in [1.165, 1.54) is 89.9 Å². The van der Waals surface area contributed by atoms with Crippen LogP contribution in [0.2, 0.25) is 0 Å². The maximum absolute atomic E-state index is 12.9. The van der Waals surface area contributed by atoms with Gasteiger partial charge in [0, 0.05) is 19.3 Å². The van der Waals surface area contributed by atoms with Crippen LogP contribution in [-0.2, 0) is 28.6 Å². The first kappa shape index (κ1) is 77.0. The Kier molecular flexibility index (Phi) is 64.4. The van der Waals surface area contributed by atoms with E-state index in [0.29, 0.717) is 19.3 Å². The first-order valence-corrected chi connectivity index (χ1v) is 33.5. The SMILES string of the molecule is CC/C=C\C/C=C\C/C=C\C/C=C\C/C=C\C/C=C\C/C=C\C/C=C\CCCCCCCCCCCCC(=O)OCC(COC(=O)CCCCCCCC)OC(=O)CCCCCCCCC/C=C\C/C=C\C/C=C\C/C=C\C/C=C\CC. The number of esters is 3. The molecule has 0 aliphatic rings. The van der Waals surface area contributed by atoms with Crippen LogP contribution in [0.3, 0.4) is 0 Å². The molecule has 0 N–H and O–H groups in total. The van der Waals surface area contributed by atoms with Crippen LogP contribution in [0.5, 0.6) is 0 Å². The topological polar surface area (TPSA) is 78.9 Å². The third kappa shape index (κ3) is 65.8. The molecule has 0 saturated heterocycles. The number of unbranched alkanes of at least 4 members (excludes halogenated alkanes) is 22. The number of hydrogen-bond donors (Lipinski definition) is 0.